The number of aliphatic carboxylic acids is 1. The van der Waals surface area contributed by atoms with E-state index in [0.29, 0.717) is 12.8 Å². The Morgan fingerprint density at radius 2 is 2.17 bits per heavy atom. The van der Waals surface area contributed by atoms with E-state index in [1.54, 1.807) is 0 Å². The number of allylic oxidation sites excluding steroid dienone is 2. The number of unbranched alkanes of at least 4 members (excludes halogenated alkanes) is 1. The molecule has 1 aliphatic heterocycles. The van der Waals surface area contributed by atoms with Crippen LogP contribution in [0.15, 0.2) is 12.2 Å². The Hall–Kier alpha value is -0.940. The zero-order valence-electron chi connectivity index (χ0n) is 14.7. The highest BCUT2D eigenvalue weighted by Crippen LogP contribution is 2.41. The number of hydrogen-bond acceptors (Lipinski definition) is 3. The molecule has 24 heavy (non-hydrogen) atoms. The fourth-order valence-corrected chi connectivity index (χ4v) is 3.91. The van der Waals surface area contributed by atoms with Gasteiger partial charge in [-0.1, -0.05) is 25.5 Å². The van der Waals surface area contributed by atoms with E-state index in [0.717, 1.165) is 45.1 Å². The molecule has 1 saturated heterocycles. The van der Waals surface area contributed by atoms with Crippen molar-refractivity contribution in [3.63, 3.8) is 0 Å². The van der Waals surface area contributed by atoms with Gasteiger partial charge in [0.25, 0.3) is 0 Å². The maximum Gasteiger partial charge on any atom is 0.303 e. The number of halogens is 1. The number of ether oxygens (including phenoxy) is 2. The monoisotopic (exact) mass is 342 g/mol. The number of carbonyl (C=O) groups is 1. The minimum atomic E-state index is -0.797. The van der Waals surface area contributed by atoms with Crippen LogP contribution in [0.1, 0.15) is 64.7 Å². The molecule has 1 saturated carbocycles. The molecule has 0 aromatic rings. The molecular formula is C19H31FO4. The molecule has 1 unspecified atom stereocenters. The quantitative estimate of drug-likeness (QED) is 0.496. The molecule has 0 radical (unpaired) electrons. The van der Waals surface area contributed by atoms with E-state index < -0.39 is 12.1 Å². The van der Waals surface area contributed by atoms with E-state index in [-0.39, 0.29) is 30.7 Å². The summed E-state index contributed by atoms with van der Waals surface area (Å²) >= 11 is 0. The molecule has 5 heteroatoms. The summed E-state index contributed by atoms with van der Waals surface area (Å²) in [5, 5.41) is 8.63. The van der Waals surface area contributed by atoms with Gasteiger partial charge in [0.2, 0.25) is 0 Å². The van der Waals surface area contributed by atoms with Crippen LogP contribution in [0, 0.1) is 11.8 Å². The summed E-state index contributed by atoms with van der Waals surface area (Å²) in [5.74, 6) is -0.528. The van der Waals surface area contributed by atoms with Gasteiger partial charge in [0, 0.05) is 19.4 Å². The summed E-state index contributed by atoms with van der Waals surface area (Å²) in [6, 6.07) is 0. The third-order valence-electron chi connectivity index (χ3n) is 5.22. The molecule has 0 amide bonds. The van der Waals surface area contributed by atoms with Crippen molar-refractivity contribution < 1.29 is 23.8 Å². The van der Waals surface area contributed by atoms with Crippen molar-refractivity contribution in [1.29, 1.82) is 0 Å². The van der Waals surface area contributed by atoms with Gasteiger partial charge in [-0.25, -0.2) is 4.39 Å². The lowest BCUT2D eigenvalue weighted by Crippen LogP contribution is -2.31. The Labute approximate surface area is 144 Å². The van der Waals surface area contributed by atoms with E-state index in [1.807, 2.05) is 13.0 Å². The van der Waals surface area contributed by atoms with Crippen LogP contribution in [0.4, 0.5) is 4.39 Å². The van der Waals surface area contributed by atoms with Crippen LogP contribution in [0.2, 0.25) is 0 Å². The molecule has 4 nitrogen and oxygen atoms in total. The lowest BCUT2D eigenvalue weighted by molar-refractivity contribution is -0.195. The summed E-state index contributed by atoms with van der Waals surface area (Å²) in [4.78, 5) is 10.5. The number of carboxylic acid groups (broad SMARTS) is 1. The van der Waals surface area contributed by atoms with E-state index in [9.17, 15) is 9.18 Å². The zero-order valence-corrected chi connectivity index (χ0v) is 14.7. The minimum Gasteiger partial charge on any atom is -0.481 e. The average Bonchev–Trinajstić information content (AvgIpc) is 2.86. The summed E-state index contributed by atoms with van der Waals surface area (Å²) < 4.78 is 26.1. The molecule has 0 aromatic heterocycles. The molecule has 0 bridgehead atoms. The molecule has 2 fully saturated rings. The first-order valence-corrected chi connectivity index (χ1v) is 9.39. The Morgan fingerprint density at radius 3 is 2.83 bits per heavy atom. The Balaban J connectivity index is 1.83. The SMILES string of the molecule is CC[C@@H]1[C@@H](C/C=C\CCCC(=O)O)[C@@H](OC2CCCCO2)C[C@@H]1F. The zero-order chi connectivity index (χ0) is 17.4. The van der Waals surface area contributed by atoms with Crippen LogP contribution in [0.25, 0.3) is 0 Å². The van der Waals surface area contributed by atoms with Gasteiger partial charge < -0.3 is 14.6 Å². The number of carboxylic acids is 1. The van der Waals surface area contributed by atoms with Gasteiger partial charge in [0.1, 0.15) is 6.17 Å². The lowest BCUT2D eigenvalue weighted by atomic mass is 9.88. The first-order chi connectivity index (χ1) is 11.6. The molecule has 0 spiro atoms. The highest BCUT2D eigenvalue weighted by atomic mass is 19.1. The number of rotatable bonds is 9. The first-order valence-electron chi connectivity index (χ1n) is 9.39. The maximum atomic E-state index is 14.4. The Morgan fingerprint density at radius 1 is 1.33 bits per heavy atom. The fraction of sp³-hybridized carbons (Fsp3) is 0.842. The lowest BCUT2D eigenvalue weighted by Gasteiger charge is -2.29. The van der Waals surface area contributed by atoms with E-state index in [2.05, 4.69) is 6.08 Å². The van der Waals surface area contributed by atoms with Gasteiger partial charge in [0.05, 0.1) is 6.10 Å². The molecule has 2 rings (SSSR count). The van der Waals surface area contributed by atoms with Crippen molar-refractivity contribution >= 4 is 5.97 Å². The highest BCUT2D eigenvalue weighted by molar-refractivity contribution is 5.66. The van der Waals surface area contributed by atoms with Crippen molar-refractivity contribution in [2.45, 2.75) is 83.3 Å². The largest absolute Gasteiger partial charge is 0.481 e. The van der Waals surface area contributed by atoms with Crippen LogP contribution in [-0.2, 0) is 14.3 Å². The maximum absolute atomic E-state index is 14.4. The molecule has 1 N–H and O–H groups in total. The number of hydrogen-bond donors (Lipinski definition) is 1. The van der Waals surface area contributed by atoms with Crippen molar-refractivity contribution in [3.8, 4) is 0 Å². The molecule has 2 aliphatic rings. The standard InChI is InChI=1S/C19H31FO4/c1-2-14-15(9-5-3-4-6-10-18(21)22)17(13-16(14)20)24-19-11-7-8-12-23-19/h3,5,14-17,19H,2,4,6-13H2,1H3,(H,21,22)/b5-3-/t14-,15-,16+,17+,19?/m1/s1. The van der Waals surface area contributed by atoms with Crippen LogP contribution < -0.4 is 0 Å². The second kappa shape index (κ2) is 10.1. The molecule has 1 heterocycles. The van der Waals surface area contributed by atoms with Gasteiger partial charge in [0.15, 0.2) is 6.29 Å². The van der Waals surface area contributed by atoms with Gasteiger partial charge in [-0.3, -0.25) is 4.79 Å². The molecule has 0 aromatic carbocycles. The average molecular weight is 342 g/mol. The van der Waals surface area contributed by atoms with E-state index in [1.165, 1.54) is 0 Å². The number of alkyl halides is 1. The van der Waals surface area contributed by atoms with Crippen LogP contribution in [0.3, 0.4) is 0 Å². The Bertz CT molecular complexity index is 406. The van der Waals surface area contributed by atoms with Crippen LogP contribution in [-0.4, -0.2) is 36.2 Å². The molecular weight excluding hydrogens is 311 g/mol. The van der Waals surface area contributed by atoms with Gasteiger partial charge in [-0.15, -0.1) is 0 Å². The van der Waals surface area contributed by atoms with Crippen LogP contribution in [0.5, 0.6) is 0 Å². The summed E-state index contributed by atoms with van der Waals surface area (Å²) in [6.45, 7) is 2.78. The van der Waals surface area contributed by atoms with Gasteiger partial charge in [-0.05, 0) is 50.4 Å². The Kier molecular flexibility index (Phi) is 8.19. The smallest absolute Gasteiger partial charge is 0.303 e. The van der Waals surface area contributed by atoms with E-state index in [4.69, 9.17) is 14.6 Å². The third-order valence-corrected chi connectivity index (χ3v) is 5.22. The van der Waals surface area contributed by atoms with E-state index >= 15 is 0 Å². The second-order valence-electron chi connectivity index (χ2n) is 6.95. The predicted molar refractivity (Wildman–Crippen MR) is 90.5 cm³/mol. The fourth-order valence-electron chi connectivity index (χ4n) is 3.91. The summed E-state index contributed by atoms with van der Waals surface area (Å²) in [7, 11) is 0. The highest BCUT2D eigenvalue weighted by Gasteiger charge is 2.43. The molecule has 1 aliphatic carbocycles. The minimum absolute atomic E-state index is 0.0438. The first kappa shape index (κ1) is 19.4. The van der Waals surface area contributed by atoms with Crippen molar-refractivity contribution in [1.82, 2.24) is 0 Å². The van der Waals surface area contributed by atoms with Gasteiger partial charge >= 0.3 is 5.97 Å². The predicted octanol–water partition coefficient (Wildman–Crippen LogP) is 4.48. The van der Waals surface area contributed by atoms with Gasteiger partial charge in [-0.2, -0.15) is 0 Å². The second-order valence-corrected chi connectivity index (χ2v) is 6.95. The summed E-state index contributed by atoms with van der Waals surface area (Å²) in [6.07, 6.45) is 9.84. The van der Waals surface area contributed by atoms with Crippen molar-refractivity contribution in [3.05, 3.63) is 12.2 Å². The van der Waals surface area contributed by atoms with Crippen molar-refractivity contribution in [2.75, 3.05) is 6.61 Å². The van der Waals surface area contributed by atoms with Crippen molar-refractivity contribution in [2.24, 2.45) is 11.8 Å². The molecule has 138 valence electrons. The third kappa shape index (κ3) is 5.85. The summed E-state index contributed by atoms with van der Waals surface area (Å²) in [5.41, 5.74) is 0. The molecule has 5 atom stereocenters. The van der Waals surface area contributed by atoms with Crippen LogP contribution >= 0.6 is 0 Å². The topological polar surface area (TPSA) is 55.8 Å². The normalized spacial score (nSPS) is 34.0.